The van der Waals surface area contributed by atoms with Crippen LogP contribution in [0.3, 0.4) is 0 Å². The smallest absolute Gasteiger partial charge is 0.278 e. The van der Waals surface area contributed by atoms with E-state index in [0.29, 0.717) is 6.04 Å². The molecule has 4 heteroatoms. The number of nitrogens with two attached hydrogens (primary N) is 1. The zero-order chi connectivity index (χ0) is 16.1. The predicted molar refractivity (Wildman–Crippen MR) is 88.8 cm³/mol. The van der Waals surface area contributed by atoms with E-state index in [9.17, 15) is 4.79 Å². The zero-order valence-corrected chi connectivity index (χ0v) is 13.6. The van der Waals surface area contributed by atoms with Crippen LogP contribution in [-0.4, -0.2) is 18.0 Å². The maximum Gasteiger partial charge on any atom is 0.278 e. The fourth-order valence-electron chi connectivity index (χ4n) is 3.28. The first-order valence-electron chi connectivity index (χ1n) is 8.48. The van der Waals surface area contributed by atoms with Gasteiger partial charge in [-0.25, -0.2) is 0 Å². The molecule has 2 aromatic rings. The molecule has 3 N–H and O–H groups in total. The van der Waals surface area contributed by atoms with E-state index in [-0.39, 0.29) is 18.0 Å². The number of nitrogens with one attached hydrogen (secondary N) is 1. The highest BCUT2D eigenvalue weighted by molar-refractivity contribution is 5.80. The number of rotatable bonds is 6. The normalized spacial score (nSPS) is 17.8. The van der Waals surface area contributed by atoms with Crippen LogP contribution in [0, 0.1) is 0 Å². The molecule has 1 heterocycles. The molecule has 0 aliphatic heterocycles. The van der Waals surface area contributed by atoms with Crippen molar-refractivity contribution in [1.82, 2.24) is 5.32 Å². The van der Waals surface area contributed by atoms with Crippen LogP contribution in [-0.2, 0) is 4.79 Å². The molecule has 0 saturated heterocycles. The SMILES string of the molecule is C[C@H]([NH2+][C@H](c1ccccc1)c1ccco1)C(=O)NC1CCCC1. The molecule has 23 heavy (non-hydrogen) atoms. The van der Waals surface area contributed by atoms with Gasteiger partial charge in [0.05, 0.1) is 6.26 Å². The number of benzene rings is 1. The number of hydrogen-bond acceptors (Lipinski definition) is 2. The minimum absolute atomic E-state index is 0.00414. The van der Waals surface area contributed by atoms with Crippen molar-refractivity contribution in [3.05, 3.63) is 60.1 Å². The van der Waals surface area contributed by atoms with Crippen molar-refractivity contribution >= 4 is 5.91 Å². The topological polar surface area (TPSA) is 58.9 Å². The van der Waals surface area contributed by atoms with Gasteiger partial charge in [0, 0.05) is 11.6 Å². The molecule has 1 aromatic heterocycles. The van der Waals surface area contributed by atoms with Gasteiger partial charge >= 0.3 is 0 Å². The fraction of sp³-hybridized carbons (Fsp3) is 0.421. The molecule has 2 atom stereocenters. The van der Waals surface area contributed by atoms with Crippen molar-refractivity contribution in [3.63, 3.8) is 0 Å². The number of carbonyl (C=O) groups excluding carboxylic acids is 1. The molecule has 1 aromatic carbocycles. The van der Waals surface area contributed by atoms with Gasteiger partial charge in [0.2, 0.25) is 0 Å². The monoisotopic (exact) mass is 313 g/mol. The highest BCUT2D eigenvalue weighted by Crippen LogP contribution is 2.19. The van der Waals surface area contributed by atoms with Crippen LogP contribution in [0.15, 0.2) is 53.1 Å². The number of amides is 1. The molecule has 1 fully saturated rings. The largest absolute Gasteiger partial charge is 0.463 e. The Morgan fingerprint density at radius 2 is 1.91 bits per heavy atom. The highest BCUT2D eigenvalue weighted by Gasteiger charge is 2.28. The molecule has 4 nitrogen and oxygen atoms in total. The lowest BCUT2D eigenvalue weighted by Crippen LogP contribution is -2.92. The molecular formula is C19H25N2O2+. The van der Waals surface area contributed by atoms with Gasteiger partial charge < -0.3 is 15.1 Å². The second-order valence-corrected chi connectivity index (χ2v) is 6.37. The van der Waals surface area contributed by atoms with E-state index in [0.717, 1.165) is 24.2 Å². The Kier molecular flexibility index (Phi) is 5.13. The maximum atomic E-state index is 12.5. The Bertz CT molecular complexity index is 604. The standard InChI is InChI=1S/C19H24N2O2/c1-14(19(22)21-16-10-5-6-11-16)20-18(17-12-7-13-23-17)15-8-3-2-4-9-15/h2-4,7-9,12-14,16,18,20H,5-6,10-11H2,1H3,(H,21,22)/p+1/t14-,18+/m0/s1. The summed E-state index contributed by atoms with van der Waals surface area (Å²) in [5.41, 5.74) is 1.14. The number of furan rings is 1. The first-order valence-corrected chi connectivity index (χ1v) is 8.48. The van der Waals surface area contributed by atoms with Crippen molar-refractivity contribution in [2.45, 2.75) is 50.7 Å². The van der Waals surface area contributed by atoms with Crippen LogP contribution in [0.4, 0.5) is 0 Å². The molecule has 0 spiro atoms. The Morgan fingerprint density at radius 3 is 2.57 bits per heavy atom. The average Bonchev–Trinajstić information content (AvgIpc) is 3.26. The third-order valence-corrected chi connectivity index (χ3v) is 4.60. The average molecular weight is 313 g/mol. The lowest BCUT2D eigenvalue weighted by molar-refractivity contribution is -0.706. The number of quaternary nitrogens is 1. The van der Waals surface area contributed by atoms with E-state index in [4.69, 9.17) is 4.42 Å². The predicted octanol–water partition coefficient (Wildman–Crippen LogP) is 2.38. The van der Waals surface area contributed by atoms with E-state index < -0.39 is 0 Å². The van der Waals surface area contributed by atoms with Crippen molar-refractivity contribution in [2.75, 3.05) is 0 Å². The van der Waals surface area contributed by atoms with Gasteiger partial charge in [-0.1, -0.05) is 43.2 Å². The fourth-order valence-corrected chi connectivity index (χ4v) is 3.28. The van der Waals surface area contributed by atoms with Crippen LogP contribution >= 0.6 is 0 Å². The van der Waals surface area contributed by atoms with Gasteiger partial charge in [-0.15, -0.1) is 0 Å². The number of hydrogen-bond donors (Lipinski definition) is 2. The summed E-state index contributed by atoms with van der Waals surface area (Å²) < 4.78 is 5.60. The minimum Gasteiger partial charge on any atom is -0.463 e. The highest BCUT2D eigenvalue weighted by atomic mass is 16.3. The maximum absolute atomic E-state index is 12.5. The van der Waals surface area contributed by atoms with E-state index in [1.807, 2.05) is 37.3 Å². The quantitative estimate of drug-likeness (QED) is 0.860. The molecule has 1 amide bonds. The number of carbonyl (C=O) groups is 1. The Hall–Kier alpha value is -2.07. The Labute approximate surface area is 137 Å². The summed E-state index contributed by atoms with van der Waals surface area (Å²) >= 11 is 0. The van der Waals surface area contributed by atoms with Gasteiger partial charge in [-0.3, -0.25) is 4.79 Å². The molecule has 1 aliphatic carbocycles. The van der Waals surface area contributed by atoms with Crippen LogP contribution < -0.4 is 10.6 Å². The molecule has 0 unspecified atom stereocenters. The van der Waals surface area contributed by atoms with Crippen molar-refractivity contribution in [1.29, 1.82) is 0 Å². The van der Waals surface area contributed by atoms with Gasteiger partial charge in [-0.05, 0) is 31.9 Å². The Morgan fingerprint density at radius 1 is 1.17 bits per heavy atom. The van der Waals surface area contributed by atoms with Gasteiger partial charge in [0.15, 0.2) is 17.8 Å². The van der Waals surface area contributed by atoms with Crippen molar-refractivity contribution < 1.29 is 14.5 Å². The van der Waals surface area contributed by atoms with E-state index in [2.05, 4.69) is 22.8 Å². The lowest BCUT2D eigenvalue weighted by Gasteiger charge is -2.20. The van der Waals surface area contributed by atoms with Crippen molar-refractivity contribution in [3.8, 4) is 0 Å². The van der Waals surface area contributed by atoms with Crippen LogP contribution in [0.1, 0.15) is 50.0 Å². The lowest BCUT2D eigenvalue weighted by atomic mass is 10.0. The second kappa shape index (κ2) is 7.47. The summed E-state index contributed by atoms with van der Waals surface area (Å²) in [5.74, 6) is 0.987. The summed E-state index contributed by atoms with van der Waals surface area (Å²) in [6.45, 7) is 1.96. The molecule has 1 saturated carbocycles. The Balaban J connectivity index is 1.69. The summed E-state index contributed by atoms with van der Waals surface area (Å²) in [7, 11) is 0. The molecule has 0 radical (unpaired) electrons. The first-order chi connectivity index (χ1) is 11.2. The molecule has 122 valence electrons. The summed E-state index contributed by atoms with van der Waals surface area (Å²) in [6.07, 6.45) is 6.35. The summed E-state index contributed by atoms with van der Waals surface area (Å²) in [5, 5.41) is 5.26. The zero-order valence-electron chi connectivity index (χ0n) is 13.6. The van der Waals surface area contributed by atoms with Crippen LogP contribution in [0.25, 0.3) is 0 Å². The van der Waals surface area contributed by atoms with Crippen LogP contribution in [0.5, 0.6) is 0 Å². The van der Waals surface area contributed by atoms with Gasteiger partial charge in [-0.2, -0.15) is 0 Å². The van der Waals surface area contributed by atoms with E-state index in [1.54, 1.807) is 6.26 Å². The van der Waals surface area contributed by atoms with Crippen LogP contribution in [0.2, 0.25) is 0 Å². The van der Waals surface area contributed by atoms with E-state index in [1.165, 1.54) is 12.8 Å². The first kappa shape index (κ1) is 15.8. The third kappa shape index (κ3) is 4.02. The molecular weight excluding hydrogens is 288 g/mol. The van der Waals surface area contributed by atoms with Gasteiger partial charge in [0.1, 0.15) is 0 Å². The van der Waals surface area contributed by atoms with Crippen molar-refractivity contribution in [2.24, 2.45) is 0 Å². The summed E-state index contributed by atoms with van der Waals surface area (Å²) in [4.78, 5) is 12.5. The third-order valence-electron chi connectivity index (χ3n) is 4.60. The van der Waals surface area contributed by atoms with E-state index >= 15 is 0 Å². The molecule has 0 bridgehead atoms. The summed E-state index contributed by atoms with van der Waals surface area (Å²) in [6, 6.07) is 14.2. The molecule has 3 rings (SSSR count). The van der Waals surface area contributed by atoms with Gasteiger partial charge in [0.25, 0.3) is 5.91 Å². The minimum atomic E-state index is -0.161. The second-order valence-electron chi connectivity index (χ2n) is 6.37. The molecule has 1 aliphatic rings.